The van der Waals surface area contributed by atoms with Crippen LogP contribution in [0.25, 0.3) is 0 Å². The van der Waals surface area contributed by atoms with Gasteiger partial charge in [-0.05, 0) is 24.3 Å². The van der Waals surface area contributed by atoms with Crippen molar-refractivity contribution >= 4 is 23.4 Å². The molecule has 0 aliphatic heterocycles. The fourth-order valence-corrected chi connectivity index (χ4v) is 2.43. The lowest BCUT2D eigenvalue weighted by atomic mass is 10.3. The summed E-state index contributed by atoms with van der Waals surface area (Å²) in [5.74, 6) is -2.06. The number of alkyl halides is 2. The Labute approximate surface area is 136 Å². The zero-order valence-corrected chi connectivity index (χ0v) is 13.1. The number of benzene rings is 2. The average molecular weight is 339 g/mol. The third-order valence-corrected chi connectivity index (χ3v) is 3.59. The van der Waals surface area contributed by atoms with E-state index in [4.69, 9.17) is 9.47 Å². The molecule has 0 heterocycles. The van der Waals surface area contributed by atoms with Gasteiger partial charge in [0.15, 0.2) is 18.1 Å². The maximum Gasteiger partial charge on any atom is 0.288 e. The number of nitrogens with one attached hydrogen (secondary N) is 1. The molecule has 0 atom stereocenters. The number of methoxy groups -OCH3 is 1. The number of hydrogen-bond acceptors (Lipinski definition) is 4. The van der Waals surface area contributed by atoms with E-state index < -0.39 is 11.7 Å². The largest absolute Gasteiger partial charge is 0.493 e. The Hall–Kier alpha value is -2.28. The lowest BCUT2D eigenvalue weighted by molar-refractivity contribution is -0.118. The summed E-state index contributed by atoms with van der Waals surface area (Å²) in [6, 6.07) is 13.3. The van der Waals surface area contributed by atoms with Gasteiger partial charge in [-0.3, -0.25) is 4.79 Å². The van der Waals surface area contributed by atoms with E-state index in [1.807, 2.05) is 0 Å². The minimum Gasteiger partial charge on any atom is -0.493 e. The molecule has 122 valence electrons. The SMILES string of the molecule is COc1ccccc1OCC(=O)Nc1ccccc1SC(F)F. The predicted octanol–water partition coefficient (Wildman–Crippen LogP) is 4.03. The van der Waals surface area contributed by atoms with Crippen LogP contribution in [0.3, 0.4) is 0 Å². The molecule has 2 rings (SSSR count). The van der Waals surface area contributed by atoms with Gasteiger partial charge in [0.1, 0.15) is 0 Å². The number of halogens is 2. The Bertz CT molecular complexity index is 667. The maximum atomic E-state index is 12.5. The fourth-order valence-electron chi connectivity index (χ4n) is 1.84. The number of ether oxygens (including phenoxy) is 2. The predicted molar refractivity (Wildman–Crippen MR) is 85.4 cm³/mol. The van der Waals surface area contributed by atoms with Crippen LogP contribution < -0.4 is 14.8 Å². The second-order valence-corrected chi connectivity index (χ2v) is 5.39. The molecule has 0 unspecified atom stereocenters. The van der Waals surface area contributed by atoms with Gasteiger partial charge in [-0.25, -0.2) is 0 Å². The molecule has 0 saturated heterocycles. The Morgan fingerprint density at radius 1 is 1.13 bits per heavy atom. The highest BCUT2D eigenvalue weighted by atomic mass is 32.2. The van der Waals surface area contributed by atoms with Gasteiger partial charge in [-0.1, -0.05) is 36.0 Å². The number of thioether (sulfide) groups is 1. The standard InChI is InChI=1S/C16H15F2NO3S/c1-21-12-7-3-4-8-13(12)22-10-15(20)19-11-6-2-5-9-14(11)23-16(17)18/h2-9,16H,10H2,1H3,(H,19,20). The molecule has 1 amide bonds. The monoisotopic (exact) mass is 339 g/mol. The van der Waals surface area contributed by atoms with Gasteiger partial charge < -0.3 is 14.8 Å². The number of rotatable bonds is 7. The van der Waals surface area contributed by atoms with Crippen LogP contribution in [0.5, 0.6) is 11.5 Å². The van der Waals surface area contributed by atoms with Crippen molar-refractivity contribution in [3.8, 4) is 11.5 Å². The van der Waals surface area contributed by atoms with Crippen molar-refractivity contribution in [2.75, 3.05) is 19.0 Å². The molecule has 2 aromatic rings. The van der Waals surface area contributed by atoms with Crippen molar-refractivity contribution in [2.45, 2.75) is 10.7 Å². The minimum absolute atomic E-state index is 0.256. The Balaban J connectivity index is 1.97. The summed E-state index contributed by atoms with van der Waals surface area (Å²) in [5, 5.41) is 2.56. The van der Waals surface area contributed by atoms with Gasteiger partial charge in [0.25, 0.3) is 11.7 Å². The molecule has 0 aliphatic carbocycles. The summed E-state index contributed by atoms with van der Waals surface area (Å²) in [6.45, 7) is -0.256. The molecule has 0 fully saturated rings. The summed E-state index contributed by atoms with van der Waals surface area (Å²) >= 11 is 0.379. The number of amides is 1. The molecular formula is C16H15F2NO3S. The number of hydrogen-bond donors (Lipinski definition) is 1. The third kappa shape index (κ3) is 5.14. The normalized spacial score (nSPS) is 10.4. The molecular weight excluding hydrogens is 324 g/mol. The number of carbonyl (C=O) groups is 1. The van der Waals surface area contributed by atoms with E-state index in [-0.39, 0.29) is 6.61 Å². The summed E-state index contributed by atoms with van der Waals surface area (Å²) < 4.78 is 35.5. The molecule has 2 aromatic carbocycles. The lowest BCUT2D eigenvalue weighted by Gasteiger charge is -2.12. The molecule has 0 saturated carbocycles. The average Bonchev–Trinajstić information content (AvgIpc) is 2.54. The van der Waals surface area contributed by atoms with Crippen LogP contribution in [-0.2, 0) is 4.79 Å². The lowest BCUT2D eigenvalue weighted by Crippen LogP contribution is -2.20. The van der Waals surface area contributed by atoms with Crippen molar-refractivity contribution in [3.05, 3.63) is 48.5 Å². The first-order valence-electron chi connectivity index (χ1n) is 6.69. The highest BCUT2D eigenvalue weighted by Gasteiger charge is 2.12. The number of anilines is 1. The van der Waals surface area contributed by atoms with Gasteiger partial charge in [0.05, 0.1) is 12.8 Å². The molecule has 23 heavy (non-hydrogen) atoms. The first kappa shape index (κ1) is 17.1. The van der Waals surface area contributed by atoms with E-state index in [9.17, 15) is 13.6 Å². The van der Waals surface area contributed by atoms with Crippen LogP contribution in [0.15, 0.2) is 53.4 Å². The van der Waals surface area contributed by atoms with E-state index in [0.717, 1.165) is 0 Å². The first-order chi connectivity index (χ1) is 11.1. The number of para-hydroxylation sites is 3. The second kappa shape index (κ2) is 8.38. The van der Waals surface area contributed by atoms with E-state index in [0.29, 0.717) is 33.8 Å². The summed E-state index contributed by atoms with van der Waals surface area (Å²) in [7, 11) is 1.50. The van der Waals surface area contributed by atoms with Gasteiger partial charge in [-0.15, -0.1) is 0 Å². The maximum absolute atomic E-state index is 12.5. The molecule has 7 heteroatoms. The van der Waals surface area contributed by atoms with E-state index >= 15 is 0 Å². The van der Waals surface area contributed by atoms with Crippen LogP contribution in [0, 0.1) is 0 Å². The Morgan fingerprint density at radius 2 is 1.78 bits per heavy atom. The van der Waals surface area contributed by atoms with Crippen LogP contribution in [-0.4, -0.2) is 25.4 Å². The van der Waals surface area contributed by atoms with Crippen molar-refractivity contribution in [3.63, 3.8) is 0 Å². The van der Waals surface area contributed by atoms with Crippen LogP contribution >= 0.6 is 11.8 Å². The molecule has 1 N–H and O–H groups in total. The summed E-state index contributed by atoms with van der Waals surface area (Å²) in [5.41, 5.74) is 0.325. The van der Waals surface area contributed by atoms with Gasteiger partial charge >= 0.3 is 0 Å². The van der Waals surface area contributed by atoms with Crippen molar-refractivity contribution < 1.29 is 23.0 Å². The smallest absolute Gasteiger partial charge is 0.288 e. The second-order valence-electron chi connectivity index (χ2n) is 4.36. The van der Waals surface area contributed by atoms with Gasteiger partial charge in [-0.2, -0.15) is 8.78 Å². The van der Waals surface area contributed by atoms with Crippen molar-refractivity contribution in [1.82, 2.24) is 0 Å². The first-order valence-corrected chi connectivity index (χ1v) is 7.57. The third-order valence-electron chi connectivity index (χ3n) is 2.81. The van der Waals surface area contributed by atoms with Crippen LogP contribution in [0.4, 0.5) is 14.5 Å². The van der Waals surface area contributed by atoms with Gasteiger partial charge in [0.2, 0.25) is 0 Å². The molecule has 0 radical (unpaired) electrons. The zero-order chi connectivity index (χ0) is 16.7. The molecule has 0 aliphatic rings. The minimum atomic E-state index is -2.56. The molecule has 4 nitrogen and oxygen atoms in total. The molecule has 0 bridgehead atoms. The van der Waals surface area contributed by atoms with Crippen LogP contribution in [0.1, 0.15) is 0 Å². The fraction of sp³-hybridized carbons (Fsp3) is 0.188. The van der Waals surface area contributed by atoms with E-state index in [2.05, 4.69) is 5.32 Å². The Morgan fingerprint density at radius 3 is 2.48 bits per heavy atom. The molecule has 0 spiro atoms. The highest BCUT2D eigenvalue weighted by molar-refractivity contribution is 7.99. The molecule has 0 aromatic heterocycles. The highest BCUT2D eigenvalue weighted by Crippen LogP contribution is 2.31. The topological polar surface area (TPSA) is 47.6 Å². The summed E-state index contributed by atoms with van der Waals surface area (Å²) in [4.78, 5) is 12.2. The number of carbonyl (C=O) groups excluding carboxylic acids is 1. The van der Waals surface area contributed by atoms with Gasteiger partial charge in [0, 0.05) is 4.90 Å². The summed E-state index contributed by atoms with van der Waals surface area (Å²) in [6.07, 6.45) is 0. The van der Waals surface area contributed by atoms with Crippen molar-refractivity contribution in [2.24, 2.45) is 0 Å². The Kier molecular flexibility index (Phi) is 6.22. The van der Waals surface area contributed by atoms with E-state index in [1.165, 1.54) is 13.2 Å². The van der Waals surface area contributed by atoms with Crippen LogP contribution in [0.2, 0.25) is 0 Å². The van der Waals surface area contributed by atoms with E-state index in [1.54, 1.807) is 42.5 Å². The quantitative estimate of drug-likeness (QED) is 0.774. The zero-order valence-electron chi connectivity index (χ0n) is 12.3. The van der Waals surface area contributed by atoms with Crippen molar-refractivity contribution in [1.29, 1.82) is 0 Å².